The summed E-state index contributed by atoms with van der Waals surface area (Å²) < 4.78 is 0. The van der Waals surface area contributed by atoms with Gasteiger partial charge in [-0.2, -0.15) is 0 Å². The zero-order chi connectivity index (χ0) is 13.8. The molecule has 6 nitrogen and oxygen atoms in total. The third-order valence-electron chi connectivity index (χ3n) is 3.21. The summed E-state index contributed by atoms with van der Waals surface area (Å²) >= 11 is 0. The van der Waals surface area contributed by atoms with Crippen molar-refractivity contribution in [2.24, 2.45) is 0 Å². The summed E-state index contributed by atoms with van der Waals surface area (Å²) in [6.45, 7) is 3.28. The van der Waals surface area contributed by atoms with Gasteiger partial charge in [0.15, 0.2) is 0 Å². The maximum Gasteiger partial charge on any atom is 0.241 e. The Morgan fingerprint density at radius 1 is 1.47 bits per heavy atom. The SMILES string of the molecule is CC(C(=O)Nc1ccccc1N)N1CCNC(=O)C1. The molecular weight excluding hydrogens is 244 g/mol. The van der Waals surface area contributed by atoms with Crippen LogP contribution in [0.25, 0.3) is 0 Å². The highest BCUT2D eigenvalue weighted by Crippen LogP contribution is 2.17. The van der Waals surface area contributed by atoms with E-state index in [0.29, 0.717) is 24.5 Å². The van der Waals surface area contributed by atoms with Crippen molar-refractivity contribution in [1.82, 2.24) is 10.2 Å². The van der Waals surface area contributed by atoms with Gasteiger partial charge in [-0.05, 0) is 19.1 Å². The predicted molar refractivity (Wildman–Crippen MR) is 73.5 cm³/mol. The molecule has 4 N–H and O–H groups in total. The minimum atomic E-state index is -0.370. The van der Waals surface area contributed by atoms with Crippen LogP contribution in [0.15, 0.2) is 24.3 Å². The van der Waals surface area contributed by atoms with E-state index in [1.54, 1.807) is 19.1 Å². The lowest BCUT2D eigenvalue weighted by Gasteiger charge is -2.31. The molecule has 0 bridgehead atoms. The Morgan fingerprint density at radius 2 is 2.21 bits per heavy atom. The molecule has 19 heavy (non-hydrogen) atoms. The zero-order valence-electron chi connectivity index (χ0n) is 10.8. The smallest absolute Gasteiger partial charge is 0.241 e. The molecule has 2 amide bonds. The van der Waals surface area contributed by atoms with Crippen molar-refractivity contribution in [3.05, 3.63) is 24.3 Å². The highest BCUT2D eigenvalue weighted by molar-refractivity contribution is 5.97. The first kappa shape index (κ1) is 13.4. The molecule has 0 spiro atoms. The second-order valence-electron chi connectivity index (χ2n) is 4.57. The van der Waals surface area contributed by atoms with Crippen LogP contribution in [-0.4, -0.2) is 42.4 Å². The van der Waals surface area contributed by atoms with Gasteiger partial charge in [-0.25, -0.2) is 0 Å². The highest BCUT2D eigenvalue weighted by atomic mass is 16.2. The number of rotatable bonds is 3. The molecule has 1 aromatic carbocycles. The molecule has 1 unspecified atom stereocenters. The van der Waals surface area contributed by atoms with E-state index in [1.807, 2.05) is 17.0 Å². The van der Waals surface area contributed by atoms with Crippen LogP contribution in [0.3, 0.4) is 0 Å². The van der Waals surface area contributed by atoms with Crippen molar-refractivity contribution >= 4 is 23.2 Å². The van der Waals surface area contributed by atoms with Gasteiger partial charge in [0.2, 0.25) is 11.8 Å². The van der Waals surface area contributed by atoms with E-state index in [0.717, 1.165) is 0 Å². The van der Waals surface area contributed by atoms with Crippen LogP contribution in [-0.2, 0) is 9.59 Å². The monoisotopic (exact) mass is 262 g/mol. The molecule has 1 atom stereocenters. The molecule has 102 valence electrons. The summed E-state index contributed by atoms with van der Waals surface area (Å²) in [5.41, 5.74) is 6.90. The predicted octanol–water partition coefficient (Wildman–Crippen LogP) is 0.0276. The lowest BCUT2D eigenvalue weighted by molar-refractivity contribution is -0.127. The Bertz CT molecular complexity index is 489. The van der Waals surface area contributed by atoms with Gasteiger partial charge >= 0.3 is 0 Å². The number of para-hydroxylation sites is 2. The van der Waals surface area contributed by atoms with Crippen LogP contribution in [0.2, 0.25) is 0 Å². The number of hydrogen-bond donors (Lipinski definition) is 3. The first-order valence-corrected chi connectivity index (χ1v) is 6.24. The average molecular weight is 262 g/mol. The molecule has 0 aromatic heterocycles. The first-order chi connectivity index (χ1) is 9.08. The van der Waals surface area contributed by atoms with Gasteiger partial charge in [0.05, 0.1) is 24.0 Å². The zero-order valence-corrected chi connectivity index (χ0v) is 10.8. The van der Waals surface area contributed by atoms with E-state index in [1.165, 1.54) is 0 Å². The average Bonchev–Trinajstić information content (AvgIpc) is 2.40. The number of nitrogens with one attached hydrogen (secondary N) is 2. The highest BCUT2D eigenvalue weighted by Gasteiger charge is 2.26. The van der Waals surface area contributed by atoms with Gasteiger partial charge in [-0.3, -0.25) is 14.5 Å². The summed E-state index contributed by atoms with van der Waals surface area (Å²) in [6.07, 6.45) is 0. The maximum atomic E-state index is 12.1. The maximum absolute atomic E-state index is 12.1. The number of nitrogens with zero attached hydrogens (tertiary/aromatic N) is 1. The lowest BCUT2D eigenvalue weighted by atomic mass is 10.2. The molecular formula is C13H18N4O2. The summed E-state index contributed by atoms with van der Waals surface area (Å²) in [7, 11) is 0. The molecule has 1 aromatic rings. The second kappa shape index (κ2) is 5.71. The number of hydrogen-bond acceptors (Lipinski definition) is 4. The molecule has 1 aliphatic heterocycles. The minimum absolute atomic E-state index is 0.0508. The summed E-state index contributed by atoms with van der Waals surface area (Å²) in [4.78, 5) is 25.3. The van der Waals surface area contributed by atoms with Gasteiger partial charge in [-0.1, -0.05) is 12.1 Å². The number of amides is 2. The van der Waals surface area contributed by atoms with Crippen LogP contribution in [0.5, 0.6) is 0 Å². The quantitative estimate of drug-likeness (QED) is 0.671. The van der Waals surface area contributed by atoms with Gasteiger partial charge in [-0.15, -0.1) is 0 Å². The summed E-state index contributed by atoms with van der Waals surface area (Å²) in [5, 5.41) is 5.52. The van der Waals surface area contributed by atoms with Crippen LogP contribution < -0.4 is 16.4 Å². The molecule has 0 saturated carbocycles. The Kier molecular flexibility index (Phi) is 4.01. The Balaban J connectivity index is 1.99. The van der Waals surface area contributed by atoms with Crippen molar-refractivity contribution in [1.29, 1.82) is 0 Å². The van der Waals surface area contributed by atoms with Gasteiger partial charge in [0.25, 0.3) is 0 Å². The molecule has 1 fully saturated rings. The molecule has 6 heteroatoms. The standard InChI is InChI=1S/C13H18N4O2/c1-9(17-7-6-15-12(18)8-17)13(19)16-11-5-3-2-4-10(11)14/h2-5,9H,6-8,14H2,1H3,(H,15,18)(H,16,19). The fraction of sp³-hybridized carbons (Fsp3) is 0.385. The molecule has 0 radical (unpaired) electrons. The third kappa shape index (κ3) is 3.23. The van der Waals surface area contributed by atoms with Crippen LogP contribution in [0, 0.1) is 0 Å². The Morgan fingerprint density at radius 3 is 2.89 bits per heavy atom. The van der Waals surface area contributed by atoms with E-state index in [-0.39, 0.29) is 24.4 Å². The fourth-order valence-corrected chi connectivity index (χ4v) is 2.00. The molecule has 1 aliphatic rings. The topological polar surface area (TPSA) is 87.5 Å². The molecule has 1 heterocycles. The number of nitrogens with two attached hydrogens (primary N) is 1. The number of anilines is 2. The van der Waals surface area contributed by atoms with Crippen molar-refractivity contribution in [2.45, 2.75) is 13.0 Å². The number of carbonyl (C=O) groups is 2. The van der Waals surface area contributed by atoms with E-state index in [2.05, 4.69) is 10.6 Å². The van der Waals surface area contributed by atoms with Crippen molar-refractivity contribution < 1.29 is 9.59 Å². The third-order valence-corrected chi connectivity index (χ3v) is 3.21. The van der Waals surface area contributed by atoms with Crippen molar-refractivity contribution in [3.63, 3.8) is 0 Å². The van der Waals surface area contributed by atoms with Crippen LogP contribution >= 0.6 is 0 Å². The van der Waals surface area contributed by atoms with Crippen molar-refractivity contribution in [3.8, 4) is 0 Å². The van der Waals surface area contributed by atoms with Crippen LogP contribution in [0.4, 0.5) is 11.4 Å². The number of piperazine rings is 1. The van der Waals surface area contributed by atoms with Crippen molar-refractivity contribution in [2.75, 3.05) is 30.7 Å². The molecule has 1 saturated heterocycles. The normalized spacial score (nSPS) is 17.6. The van der Waals surface area contributed by atoms with E-state index >= 15 is 0 Å². The Labute approximate surface area is 112 Å². The summed E-state index contributed by atoms with van der Waals surface area (Å²) in [6, 6.07) is 6.73. The van der Waals surface area contributed by atoms with E-state index in [9.17, 15) is 9.59 Å². The fourth-order valence-electron chi connectivity index (χ4n) is 2.00. The van der Waals surface area contributed by atoms with E-state index < -0.39 is 0 Å². The van der Waals surface area contributed by atoms with Gasteiger partial charge in [0, 0.05) is 13.1 Å². The first-order valence-electron chi connectivity index (χ1n) is 6.24. The van der Waals surface area contributed by atoms with Gasteiger partial charge < -0.3 is 16.4 Å². The van der Waals surface area contributed by atoms with E-state index in [4.69, 9.17) is 5.73 Å². The Hall–Kier alpha value is -2.08. The summed E-state index contributed by atoms with van der Waals surface area (Å²) in [5.74, 6) is -0.210. The molecule has 0 aliphatic carbocycles. The lowest BCUT2D eigenvalue weighted by Crippen LogP contribution is -2.53. The number of nitrogen functional groups attached to an aromatic ring is 1. The minimum Gasteiger partial charge on any atom is -0.397 e. The van der Waals surface area contributed by atoms with Crippen LogP contribution in [0.1, 0.15) is 6.92 Å². The van der Waals surface area contributed by atoms with Gasteiger partial charge in [0.1, 0.15) is 0 Å². The number of benzene rings is 1. The molecule has 2 rings (SSSR count). The second-order valence-corrected chi connectivity index (χ2v) is 4.57. The number of carbonyl (C=O) groups excluding carboxylic acids is 2. The largest absolute Gasteiger partial charge is 0.397 e.